The highest BCUT2D eigenvalue weighted by Gasteiger charge is 2.18. The molecule has 0 atom stereocenters. The third-order valence-corrected chi connectivity index (χ3v) is 3.14. The minimum atomic E-state index is -0.728. The summed E-state index contributed by atoms with van der Waals surface area (Å²) in [5.74, 6) is -0.357. The van der Waals surface area contributed by atoms with E-state index in [2.05, 4.69) is 15.6 Å². The highest BCUT2D eigenvalue weighted by molar-refractivity contribution is 6.39. The topological polar surface area (TPSA) is 93.5 Å². The quantitative estimate of drug-likeness (QED) is 0.839. The van der Waals surface area contributed by atoms with E-state index in [1.54, 1.807) is 24.4 Å². The number of hydrogen-bond acceptors (Lipinski definition) is 5. The molecule has 7 nitrogen and oxygen atoms in total. The average Bonchev–Trinajstić information content (AvgIpc) is 3.05. The summed E-state index contributed by atoms with van der Waals surface area (Å²) in [6.07, 6.45) is 2.89. The lowest BCUT2D eigenvalue weighted by Gasteiger charge is -2.18. The molecule has 128 valence electrons. The van der Waals surface area contributed by atoms with Gasteiger partial charge in [-0.25, -0.2) is 4.98 Å². The van der Waals surface area contributed by atoms with Crippen molar-refractivity contribution in [2.24, 2.45) is 5.41 Å². The molecule has 0 saturated carbocycles. The first kappa shape index (κ1) is 17.5. The molecule has 0 bridgehead atoms. The Morgan fingerprint density at radius 2 is 2.00 bits per heavy atom. The molecule has 24 heavy (non-hydrogen) atoms. The van der Waals surface area contributed by atoms with Crippen molar-refractivity contribution in [2.45, 2.75) is 20.8 Å². The lowest BCUT2D eigenvalue weighted by Crippen LogP contribution is -2.39. The zero-order valence-corrected chi connectivity index (χ0v) is 14.2. The van der Waals surface area contributed by atoms with Gasteiger partial charge in [-0.15, -0.1) is 0 Å². The van der Waals surface area contributed by atoms with E-state index in [0.29, 0.717) is 29.3 Å². The molecule has 2 N–H and O–H groups in total. The molecular formula is C17H21N3O4. The maximum Gasteiger partial charge on any atom is 0.313 e. The van der Waals surface area contributed by atoms with E-state index in [1.807, 2.05) is 20.8 Å². The number of methoxy groups -OCH3 is 1. The summed E-state index contributed by atoms with van der Waals surface area (Å²) in [7, 11) is 1.51. The van der Waals surface area contributed by atoms with Crippen molar-refractivity contribution >= 4 is 17.5 Å². The Balaban J connectivity index is 2.07. The van der Waals surface area contributed by atoms with Crippen LogP contribution in [0.1, 0.15) is 20.8 Å². The number of nitrogens with zero attached hydrogens (tertiary/aromatic N) is 1. The van der Waals surface area contributed by atoms with Crippen LogP contribution in [0.3, 0.4) is 0 Å². The first-order valence-electron chi connectivity index (χ1n) is 7.46. The first-order valence-corrected chi connectivity index (χ1v) is 7.46. The average molecular weight is 331 g/mol. The summed E-state index contributed by atoms with van der Waals surface area (Å²) >= 11 is 0. The number of benzene rings is 1. The van der Waals surface area contributed by atoms with Gasteiger partial charge in [0.15, 0.2) is 12.2 Å². The molecule has 0 saturated heterocycles. The Kier molecular flexibility index (Phi) is 5.23. The minimum absolute atomic E-state index is 0.0993. The van der Waals surface area contributed by atoms with Gasteiger partial charge in [0.05, 0.1) is 18.9 Å². The van der Waals surface area contributed by atoms with E-state index in [1.165, 1.54) is 13.5 Å². The van der Waals surface area contributed by atoms with Gasteiger partial charge in [-0.2, -0.15) is 0 Å². The number of aromatic nitrogens is 1. The summed E-state index contributed by atoms with van der Waals surface area (Å²) < 4.78 is 10.5. The molecule has 1 heterocycles. The normalized spacial score (nSPS) is 11.0. The summed E-state index contributed by atoms with van der Waals surface area (Å²) in [6, 6.07) is 5.00. The Morgan fingerprint density at radius 1 is 1.25 bits per heavy atom. The Hall–Kier alpha value is -2.83. The van der Waals surface area contributed by atoms with Crippen molar-refractivity contribution < 1.29 is 18.7 Å². The smallest absolute Gasteiger partial charge is 0.313 e. The summed E-state index contributed by atoms with van der Waals surface area (Å²) in [5, 5.41) is 5.15. The van der Waals surface area contributed by atoms with Crippen LogP contribution in [0.2, 0.25) is 0 Å². The molecule has 2 rings (SSSR count). The Morgan fingerprint density at radius 3 is 2.58 bits per heavy atom. The van der Waals surface area contributed by atoms with E-state index in [9.17, 15) is 9.59 Å². The lowest BCUT2D eigenvalue weighted by molar-refractivity contribution is -0.136. The van der Waals surface area contributed by atoms with Crippen LogP contribution in [0.4, 0.5) is 5.69 Å². The number of carbonyl (C=O) groups excluding carboxylic acids is 2. The number of nitrogens with one attached hydrogen (secondary N) is 2. The Bertz CT molecular complexity index is 718. The van der Waals surface area contributed by atoms with E-state index >= 15 is 0 Å². The summed E-state index contributed by atoms with van der Waals surface area (Å²) in [5.41, 5.74) is 1.05. The molecule has 2 amide bonds. The van der Waals surface area contributed by atoms with Gasteiger partial charge < -0.3 is 19.8 Å². The highest BCUT2D eigenvalue weighted by Crippen LogP contribution is 2.32. The van der Waals surface area contributed by atoms with E-state index in [4.69, 9.17) is 9.15 Å². The molecule has 0 fully saturated rings. The molecule has 0 spiro atoms. The number of carbonyl (C=O) groups is 2. The second-order valence-electron chi connectivity index (χ2n) is 6.48. The molecule has 0 unspecified atom stereocenters. The molecule has 0 aliphatic heterocycles. The van der Waals surface area contributed by atoms with Crippen LogP contribution in [-0.4, -0.2) is 30.5 Å². The number of ether oxygens (including phenoxy) is 1. The SMILES string of the molecule is COc1cc(NC(=O)C(=O)NCC(C)(C)C)ccc1-c1cnco1. The number of oxazole rings is 1. The van der Waals surface area contributed by atoms with Crippen LogP contribution in [0.5, 0.6) is 5.75 Å². The second-order valence-corrected chi connectivity index (χ2v) is 6.48. The molecule has 2 aromatic rings. The van der Waals surface area contributed by atoms with Crippen LogP contribution in [-0.2, 0) is 9.59 Å². The first-order chi connectivity index (χ1) is 11.3. The van der Waals surface area contributed by atoms with Gasteiger partial charge in [-0.3, -0.25) is 9.59 Å². The fourth-order valence-corrected chi connectivity index (χ4v) is 1.93. The van der Waals surface area contributed by atoms with Crippen LogP contribution in [0.25, 0.3) is 11.3 Å². The van der Waals surface area contributed by atoms with E-state index in [0.717, 1.165) is 0 Å². The van der Waals surface area contributed by atoms with Crippen molar-refractivity contribution in [1.82, 2.24) is 10.3 Å². The largest absolute Gasteiger partial charge is 0.496 e. The van der Waals surface area contributed by atoms with Crippen LogP contribution in [0, 0.1) is 5.41 Å². The van der Waals surface area contributed by atoms with Gasteiger partial charge in [0, 0.05) is 18.3 Å². The van der Waals surface area contributed by atoms with E-state index < -0.39 is 11.8 Å². The van der Waals surface area contributed by atoms with Crippen molar-refractivity contribution in [2.75, 3.05) is 19.0 Å². The maximum atomic E-state index is 12.0. The van der Waals surface area contributed by atoms with Crippen LogP contribution >= 0.6 is 0 Å². The highest BCUT2D eigenvalue weighted by atomic mass is 16.5. The minimum Gasteiger partial charge on any atom is -0.496 e. The summed E-state index contributed by atoms with van der Waals surface area (Å²) in [4.78, 5) is 27.6. The zero-order valence-electron chi connectivity index (χ0n) is 14.2. The number of rotatable bonds is 4. The molecular weight excluding hydrogens is 310 g/mol. The van der Waals surface area contributed by atoms with Gasteiger partial charge in [0.2, 0.25) is 0 Å². The maximum absolute atomic E-state index is 12.0. The predicted molar refractivity (Wildman–Crippen MR) is 89.6 cm³/mol. The van der Waals surface area contributed by atoms with Gasteiger partial charge in [0.1, 0.15) is 5.75 Å². The van der Waals surface area contributed by atoms with Gasteiger partial charge in [0.25, 0.3) is 0 Å². The van der Waals surface area contributed by atoms with E-state index in [-0.39, 0.29) is 5.41 Å². The molecule has 1 aromatic heterocycles. The van der Waals surface area contributed by atoms with Gasteiger partial charge in [-0.05, 0) is 17.5 Å². The third kappa shape index (κ3) is 4.58. The molecule has 0 aliphatic carbocycles. The predicted octanol–water partition coefficient (Wildman–Crippen LogP) is 2.45. The number of anilines is 1. The van der Waals surface area contributed by atoms with Crippen molar-refractivity contribution in [3.63, 3.8) is 0 Å². The number of amides is 2. The Labute approximate surface area is 140 Å². The fraction of sp³-hybridized carbons (Fsp3) is 0.353. The molecule has 0 aliphatic rings. The lowest BCUT2D eigenvalue weighted by atomic mass is 9.97. The van der Waals surface area contributed by atoms with Gasteiger partial charge >= 0.3 is 11.8 Å². The fourth-order valence-electron chi connectivity index (χ4n) is 1.93. The van der Waals surface area contributed by atoms with Crippen LogP contribution in [0.15, 0.2) is 35.2 Å². The third-order valence-electron chi connectivity index (χ3n) is 3.14. The standard InChI is InChI=1S/C17H21N3O4/c1-17(2,3)9-19-15(21)16(22)20-11-5-6-12(13(7-11)23-4)14-8-18-10-24-14/h5-8,10H,9H2,1-4H3,(H,19,21)(H,20,22). The molecule has 7 heteroatoms. The zero-order chi connectivity index (χ0) is 17.7. The summed E-state index contributed by atoms with van der Waals surface area (Å²) in [6.45, 7) is 6.32. The molecule has 0 radical (unpaired) electrons. The second kappa shape index (κ2) is 7.16. The van der Waals surface area contributed by atoms with Gasteiger partial charge in [-0.1, -0.05) is 20.8 Å². The van der Waals surface area contributed by atoms with Crippen LogP contribution < -0.4 is 15.4 Å². The monoisotopic (exact) mass is 331 g/mol. The molecule has 1 aromatic carbocycles. The van der Waals surface area contributed by atoms with Crippen molar-refractivity contribution in [3.05, 3.63) is 30.8 Å². The van der Waals surface area contributed by atoms with Crippen molar-refractivity contribution in [1.29, 1.82) is 0 Å². The van der Waals surface area contributed by atoms with Crippen molar-refractivity contribution in [3.8, 4) is 17.1 Å². The number of hydrogen-bond donors (Lipinski definition) is 2.